The van der Waals surface area contributed by atoms with Gasteiger partial charge in [0.05, 0.1) is 12.2 Å². The summed E-state index contributed by atoms with van der Waals surface area (Å²) in [6.07, 6.45) is 3.84. The van der Waals surface area contributed by atoms with Crippen molar-refractivity contribution in [1.29, 1.82) is 0 Å². The highest BCUT2D eigenvalue weighted by atomic mass is 16.5. The SMILES string of the molecule is C=C(C)CCC(O)C1CCOC1CC. The summed E-state index contributed by atoms with van der Waals surface area (Å²) in [6, 6.07) is 0. The lowest BCUT2D eigenvalue weighted by atomic mass is 9.90. The molecule has 1 saturated heterocycles. The van der Waals surface area contributed by atoms with Crippen molar-refractivity contribution in [2.75, 3.05) is 6.61 Å². The largest absolute Gasteiger partial charge is 0.393 e. The van der Waals surface area contributed by atoms with Gasteiger partial charge >= 0.3 is 0 Å². The predicted molar refractivity (Wildman–Crippen MR) is 58.2 cm³/mol. The maximum absolute atomic E-state index is 9.98. The summed E-state index contributed by atoms with van der Waals surface area (Å²) in [4.78, 5) is 0. The molecule has 0 saturated carbocycles. The van der Waals surface area contributed by atoms with Gasteiger partial charge in [-0.15, -0.1) is 6.58 Å². The minimum absolute atomic E-state index is 0.209. The Bertz CT molecular complexity index is 189. The zero-order valence-electron chi connectivity index (χ0n) is 9.33. The number of hydrogen-bond acceptors (Lipinski definition) is 2. The molecule has 0 spiro atoms. The van der Waals surface area contributed by atoms with E-state index in [4.69, 9.17) is 4.74 Å². The first-order chi connectivity index (χ1) is 6.65. The van der Waals surface area contributed by atoms with Crippen LogP contribution in [0, 0.1) is 5.92 Å². The van der Waals surface area contributed by atoms with E-state index in [1.54, 1.807) is 0 Å². The van der Waals surface area contributed by atoms with Gasteiger partial charge < -0.3 is 9.84 Å². The van der Waals surface area contributed by atoms with Gasteiger partial charge in [-0.05, 0) is 32.6 Å². The first kappa shape index (κ1) is 11.7. The molecule has 0 amide bonds. The Morgan fingerprint density at radius 1 is 1.64 bits per heavy atom. The standard InChI is InChI=1S/C12H22O2/c1-4-12-10(7-8-14-12)11(13)6-5-9(2)3/h10-13H,2,4-8H2,1,3H3. The molecule has 1 fully saturated rings. The second kappa shape index (κ2) is 5.52. The van der Waals surface area contributed by atoms with Gasteiger partial charge in [0.25, 0.3) is 0 Å². The zero-order valence-corrected chi connectivity index (χ0v) is 9.33. The van der Waals surface area contributed by atoms with Crippen molar-refractivity contribution in [3.05, 3.63) is 12.2 Å². The lowest BCUT2D eigenvalue weighted by Crippen LogP contribution is -2.27. The van der Waals surface area contributed by atoms with Gasteiger partial charge in [0, 0.05) is 12.5 Å². The number of ether oxygens (including phenoxy) is 1. The number of aliphatic hydroxyl groups excluding tert-OH is 1. The van der Waals surface area contributed by atoms with Gasteiger partial charge in [-0.3, -0.25) is 0 Å². The Kier molecular flexibility index (Phi) is 4.63. The lowest BCUT2D eigenvalue weighted by Gasteiger charge is -2.22. The van der Waals surface area contributed by atoms with Gasteiger partial charge in [0.1, 0.15) is 0 Å². The summed E-state index contributed by atoms with van der Waals surface area (Å²) >= 11 is 0. The van der Waals surface area contributed by atoms with Crippen LogP contribution >= 0.6 is 0 Å². The quantitative estimate of drug-likeness (QED) is 0.688. The Labute approximate surface area is 87.0 Å². The van der Waals surface area contributed by atoms with Gasteiger partial charge in [0.2, 0.25) is 0 Å². The minimum Gasteiger partial charge on any atom is -0.393 e. The Morgan fingerprint density at radius 2 is 2.36 bits per heavy atom. The lowest BCUT2D eigenvalue weighted by molar-refractivity contribution is 0.0280. The van der Waals surface area contributed by atoms with Crippen LogP contribution in [-0.4, -0.2) is 23.9 Å². The van der Waals surface area contributed by atoms with Crippen molar-refractivity contribution in [3.63, 3.8) is 0 Å². The Morgan fingerprint density at radius 3 is 2.93 bits per heavy atom. The number of allylic oxidation sites excluding steroid dienone is 1. The molecule has 0 aromatic heterocycles. The monoisotopic (exact) mass is 198 g/mol. The van der Waals surface area contributed by atoms with Crippen LogP contribution in [0.15, 0.2) is 12.2 Å². The number of rotatable bonds is 5. The summed E-state index contributed by atoms with van der Waals surface area (Å²) in [5.74, 6) is 0.347. The van der Waals surface area contributed by atoms with Crippen molar-refractivity contribution in [2.24, 2.45) is 5.92 Å². The molecule has 2 nitrogen and oxygen atoms in total. The first-order valence-electron chi connectivity index (χ1n) is 5.59. The molecule has 1 aliphatic heterocycles. The molecule has 2 heteroatoms. The van der Waals surface area contributed by atoms with Crippen molar-refractivity contribution < 1.29 is 9.84 Å². The fourth-order valence-corrected chi connectivity index (χ4v) is 2.13. The third kappa shape index (κ3) is 3.10. The van der Waals surface area contributed by atoms with Crippen molar-refractivity contribution >= 4 is 0 Å². The van der Waals surface area contributed by atoms with Crippen molar-refractivity contribution in [3.8, 4) is 0 Å². The fraction of sp³-hybridized carbons (Fsp3) is 0.833. The molecule has 82 valence electrons. The normalized spacial score (nSPS) is 29.1. The van der Waals surface area contributed by atoms with E-state index in [-0.39, 0.29) is 12.2 Å². The van der Waals surface area contributed by atoms with Gasteiger partial charge in [-0.2, -0.15) is 0 Å². The average Bonchev–Trinajstić information content (AvgIpc) is 2.61. The molecule has 1 N–H and O–H groups in total. The minimum atomic E-state index is -0.209. The van der Waals surface area contributed by atoms with Crippen LogP contribution in [0.4, 0.5) is 0 Å². The molecule has 0 bridgehead atoms. The predicted octanol–water partition coefficient (Wildman–Crippen LogP) is 2.52. The highest BCUT2D eigenvalue weighted by Crippen LogP contribution is 2.28. The first-order valence-corrected chi connectivity index (χ1v) is 5.59. The second-order valence-electron chi connectivity index (χ2n) is 4.33. The molecule has 0 aliphatic carbocycles. The van der Waals surface area contributed by atoms with Crippen LogP contribution in [0.3, 0.4) is 0 Å². The van der Waals surface area contributed by atoms with Gasteiger partial charge in [-0.25, -0.2) is 0 Å². The summed E-state index contributed by atoms with van der Waals surface area (Å²) in [5.41, 5.74) is 1.15. The maximum atomic E-state index is 9.98. The number of hydrogen-bond donors (Lipinski definition) is 1. The maximum Gasteiger partial charge on any atom is 0.0626 e. The summed E-state index contributed by atoms with van der Waals surface area (Å²) < 4.78 is 5.56. The van der Waals surface area contributed by atoms with Gasteiger partial charge in [-0.1, -0.05) is 12.5 Å². The highest BCUT2D eigenvalue weighted by Gasteiger charge is 2.32. The molecule has 3 atom stereocenters. The van der Waals surface area contributed by atoms with E-state index in [0.717, 1.165) is 37.9 Å². The van der Waals surface area contributed by atoms with Crippen LogP contribution in [0.2, 0.25) is 0 Å². The van der Waals surface area contributed by atoms with E-state index >= 15 is 0 Å². The van der Waals surface area contributed by atoms with E-state index < -0.39 is 0 Å². The van der Waals surface area contributed by atoms with Crippen LogP contribution < -0.4 is 0 Å². The molecule has 0 radical (unpaired) electrons. The van der Waals surface area contributed by atoms with E-state index in [9.17, 15) is 5.11 Å². The van der Waals surface area contributed by atoms with Gasteiger partial charge in [0.15, 0.2) is 0 Å². The second-order valence-corrected chi connectivity index (χ2v) is 4.33. The Balaban J connectivity index is 2.35. The molecule has 1 rings (SSSR count). The molecule has 14 heavy (non-hydrogen) atoms. The van der Waals surface area contributed by atoms with Crippen LogP contribution in [0.5, 0.6) is 0 Å². The molecule has 3 unspecified atom stereocenters. The molecule has 1 heterocycles. The van der Waals surface area contributed by atoms with E-state index in [0.29, 0.717) is 5.92 Å². The van der Waals surface area contributed by atoms with E-state index in [1.807, 2.05) is 6.92 Å². The molecular weight excluding hydrogens is 176 g/mol. The summed E-state index contributed by atoms with van der Waals surface area (Å²) in [5, 5.41) is 9.98. The Hall–Kier alpha value is -0.340. The topological polar surface area (TPSA) is 29.5 Å². The fourth-order valence-electron chi connectivity index (χ4n) is 2.13. The summed E-state index contributed by atoms with van der Waals surface area (Å²) in [7, 11) is 0. The average molecular weight is 198 g/mol. The third-order valence-electron chi connectivity index (χ3n) is 3.02. The molecule has 0 aromatic rings. The van der Waals surface area contributed by atoms with Crippen LogP contribution in [0.1, 0.15) is 39.5 Å². The van der Waals surface area contributed by atoms with E-state index in [1.165, 1.54) is 0 Å². The summed E-state index contributed by atoms with van der Waals surface area (Å²) in [6.45, 7) is 8.79. The smallest absolute Gasteiger partial charge is 0.0626 e. The molecule has 0 aromatic carbocycles. The van der Waals surface area contributed by atoms with Crippen LogP contribution in [-0.2, 0) is 4.74 Å². The van der Waals surface area contributed by atoms with E-state index in [2.05, 4.69) is 13.5 Å². The highest BCUT2D eigenvalue weighted by molar-refractivity contribution is 4.90. The van der Waals surface area contributed by atoms with Crippen LogP contribution in [0.25, 0.3) is 0 Å². The van der Waals surface area contributed by atoms with Crippen molar-refractivity contribution in [2.45, 2.75) is 51.7 Å². The molecular formula is C12H22O2. The number of aliphatic hydroxyl groups is 1. The van der Waals surface area contributed by atoms with Crippen molar-refractivity contribution in [1.82, 2.24) is 0 Å². The molecule has 1 aliphatic rings. The third-order valence-corrected chi connectivity index (χ3v) is 3.02. The zero-order chi connectivity index (χ0) is 10.6.